The number of hydrogen-bond acceptors (Lipinski definition) is 5. The highest BCUT2D eigenvalue weighted by Gasteiger charge is 2.19. The Balaban J connectivity index is 1.71. The van der Waals surface area contributed by atoms with Crippen LogP contribution in [0.25, 0.3) is 0 Å². The molecule has 106 valence electrons. The standard InChI is InChI=1S/C14H24N4O/c1-14(2,3)19-12-11-17-7-9-18(10-8-17)13-15-5-4-6-16-13/h4-6H,7-12H2,1-3H3. The molecule has 0 spiro atoms. The van der Waals surface area contributed by atoms with Gasteiger partial charge in [-0.2, -0.15) is 0 Å². The van der Waals surface area contributed by atoms with E-state index in [1.165, 1.54) is 0 Å². The zero-order chi connectivity index (χ0) is 13.7. The lowest BCUT2D eigenvalue weighted by atomic mass is 10.2. The van der Waals surface area contributed by atoms with Crippen molar-refractivity contribution in [3.63, 3.8) is 0 Å². The zero-order valence-corrected chi connectivity index (χ0v) is 12.2. The summed E-state index contributed by atoms with van der Waals surface area (Å²) in [5.41, 5.74) is -0.0420. The molecule has 1 aromatic rings. The number of ether oxygens (including phenoxy) is 1. The maximum atomic E-state index is 5.76. The quantitative estimate of drug-likeness (QED) is 0.822. The number of hydrogen-bond donors (Lipinski definition) is 0. The summed E-state index contributed by atoms with van der Waals surface area (Å²) in [4.78, 5) is 13.3. The van der Waals surface area contributed by atoms with Gasteiger partial charge in [0.05, 0.1) is 12.2 Å². The zero-order valence-electron chi connectivity index (χ0n) is 12.2. The van der Waals surface area contributed by atoms with Gasteiger partial charge in [0, 0.05) is 45.1 Å². The molecule has 0 unspecified atom stereocenters. The molecule has 2 rings (SSSR count). The molecule has 0 bridgehead atoms. The van der Waals surface area contributed by atoms with Crippen molar-refractivity contribution in [2.24, 2.45) is 0 Å². The van der Waals surface area contributed by atoms with Crippen LogP contribution >= 0.6 is 0 Å². The lowest BCUT2D eigenvalue weighted by Gasteiger charge is -2.35. The van der Waals surface area contributed by atoms with E-state index < -0.39 is 0 Å². The van der Waals surface area contributed by atoms with E-state index in [1.54, 1.807) is 12.4 Å². The van der Waals surface area contributed by atoms with Crippen molar-refractivity contribution in [2.45, 2.75) is 26.4 Å². The third-order valence-corrected chi connectivity index (χ3v) is 3.15. The second-order valence-electron chi connectivity index (χ2n) is 5.84. The number of rotatable bonds is 4. The minimum absolute atomic E-state index is 0.0420. The van der Waals surface area contributed by atoms with Crippen molar-refractivity contribution in [1.82, 2.24) is 14.9 Å². The molecular weight excluding hydrogens is 240 g/mol. The fraction of sp³-hybridized carbons (Fsp3) is 0.714. The normalized spacial score (nSPS) is 17.7. The molecule has 0 aliphatic carbocycles. The van der Waals surface area contributed by atoms with Gasteiger partial charge in [-0.3, -0.25) is 4.90 Å². The average Bonchev–Trinajstić information content (AvgIpc) is 2.39. The predicted molar refractivity (Wildman–Crippen MR) is 76.4 cm³/mol. The maximum absolute atomic E-state index is 5.76. The maximum Gasteiger partial charge on any atom is 0.225 e. The average molecular weight is 264 g/mol. The first-order valence-electron chi connectivity index (χ1n) is 6.93. The number of piperazine rings is 1. The number of anilines is 1. The molecule has 0 atom stereocenters. The molecule has 5 nitrogen and oxygen atoms in total. The Kier molecular flexibility index (Phi) is 4.71. The van der Waals surface area contributed by atoms with Crippen molar-refractivity contribution in [1.29, 1.82) is 0 Å². The van der Waals surface area contributed by atoms with E-state index in [9.17, 15) is 0 Å². The third-order valence-electron chi connectivity index (χ3n) is 3.15. The minimum atomic E-state index is -0.0420. The van der Waals surface area contributed by atoms with Gasteiger partial charge >= 0.3 is 0 Å². The summed E-state index contributed by atoms with van der Waals surface area (Å²) >= 11 is 0. The van der Waals surface area contributed by atoms with Gasteiger partial charge in [-0.1, -0.05) is 0 Å². The summed E-state index contributed by atoms with van der Waals surface area (Å²) in [5, 5.41) is 0. The first-order valence-corrected chi connectivity index (χ1v) is 6.93. The van der Waals surface area contributed by atoms with Gasteiger partial charge in [0.15, 0.2) is 0 Å². The molecule has 0 saturated carbocycles. The van der Waals surface area contributed by atoms with E-state index in [0.29, 0.717) is 0 Å². The van der Waals surface area contributed by atoms with Crippen molar-refractivity contribution in [3.8, 4) is 0 Å². The van der Waals surface area contributed by atoms with Gasteiger partial charge in [-0.05, 0) is 26.8 Å². The highest BCUT2D eigenvalue weighted by Crippen LogP contribution is 2.10. The molecule has 1 saturated heterocycles. The van der Waals surface area contributed by atoms with Crippen LogP contribution in [0.4, 0.5) is 5.95 Å². The SMILES string of the molecule is CC(C)(C)OCCN1CCN(c2ncccn2)CC1. The Hall–Kier alpha value is -1.20. The number of aromatic nitrogens is 2. The van der Waals surface area contributed by atoms with E-state index in [4.69, 9.17) is 4.74 Å². The van der Waals surface area contributed by atoms with Crippen molar-refractivity contribution in [3.05, 3.63) is 18.5 Å². The smallest absolute Gasteiger partial charge is 0.225 e. The Labute approximate surface area is 115 Å². The first kappa shape index (κ1) is 14.2. The van der Waals surface area contributed by atoms with Crippen LogP contribution in [0.15, 0.2) is 18.5 Å². The summed E-state index contributed by atoms with van der Waals surface area (Å²) in [6.07, 6.45) is 3.59. The van der Waals surface area contributed by atoms with Gasteiger partial charge in [-0.25, -0.2) is 9.97 Å². The predicted octanol–water partition coefficient (Wildman–Crippen LogP) is 1.41. The lowest BCUT2D eigenvalue weighted by Crippen LogP contribution is -2.48. The third kappa shape index (κ3) is 4.76. The van der Waals surface area contributed by atoms with E-state index in [1.807, 2.05) is 6.07 Å². The van der Waals surface area contributed by atoms with Gasteiger partial charge in [0.25, 0.3) is 0 Å². The van der Waals surface area contributed by atoms with Crippen LogP contribution in [0.2, 0.25) is 0 Å². The largest absolute Gasteiger partial charge is 0.375 e. The minimum Gasteiger partial charge on any atom is -0.375 e. The Morgan fingerprint density at radius 2 is 1.74 bits per heavy atom. The summed E-state index contributed by atoms with van der Waals surface area (Å²) in [7, 11) is 0. The van der Waals surface area contributed by atoms with Crippen LogP contribution in [0.5, 0.6) is 0 Å². The molecule has 0 aromatic carbocycles. The van der Waals surface area contributed by atoms with Crippen molar-refractivity contribution in [2.75, 3.05) is 44.2 Å². The second kappa shape index (κ2) is 6.30. The van der Waals surface area contributed by atoms with Crippen LogP contribution in [0.3, 0.4) is 0 Å². The molecule has 0 radical (unpaired) electrons. The van der Waals surface area contributed by atoms with Gasteiger partial charge in [0.2, 0.25) is 5.95 Å². The van der Waals surface area contributed by atoms with E-state index in [2.05, 4.69) is 40.5 Å². The summed E-state index contributed by atoms with van der Waals surface area (Å²) in [6, 6.07) is 1.85. The van der Waals surface area contributed by atoms with Crippen molar-refractivity contribution >= 4 is 5.95 Å². The summed E-state index contributed by atoms with van der Waals surface area (Å²) < 4.78 is 5.76. The fourth-order valence-corrected chi connectivity index (χ4v) is 2.11. The van der Waals surface area contributed by atoms with Crippen LogP contribution in [0, 0.1) is 0 Å². The molecule has 1 fully saturated rings. The van der Waals surface area contributed by atoms with Gasteiger partial charge in [-0.15, -0.1) is 0 Å². The Morgan fingerprint density at radius 3 is 2.32 bits per heavy atom. The molecule has 1 aromatic heterocycles. The van der Waals surface area contributed by atoms with E-state index in [0.717, 1.165) is 45.3 Å². The van der Waals surface area contributed by atoms with E-state index in [-0.39, 0.29) is 5.60 Å². The first-order chi connectivity index (χ1) is 9.04. The van der Waals surface area contributed by atoms with Crippen LogP contribution in [0.1, 0.15) is 20.8 Å². The van der Waals surface area contributed by atoms with Gasteiger partial charge < -0.3 is 9.64 Å². The highest BCUT2D eigenvalue weighted by atomic mass is 16.5. The molecule has 0 amide bonds. The Morgan fingerprint density at radius 1 is 1.11 bits per heavy atom. The highest BCUT2D eigenvalue weighted by molar-refractivity contribution is 5.29. The monoisotopic (exact) mass is 264 g/mol. The molecular formula is C14H24N4O. The number of nitrogens with zero attached hydrogens (tertiary/aromatic N) is 4. The van der Waals surface area contributed by atoms with Crippen LogP contribution in [-0.2, 0) is 4.74 Å². The lowest BCUT2D eigenvalue weighted by molar-refractivity contribution is -0.0135. The fourth-order valence-electron chi connectivity index (χ4n) is 2.11. The molecule has 2 heterocycles. The molecule has 1 aliphatic rings. The second-order valence-corrected chi connectivity index (χ2v) is 5.84. The molecule has 5 heteroatoms. The molecule has 1 aliphatic heterocycles. The van der Waals surface area contributed by atoms with Crippen LogP contribution in [-0.4, -0.2) is 59.8 Å². The van der Waals surface area contributed by atoms with Crippen molar-refractivity contribution < 1.29 is 4.74 Å². The van der Waals surface area contributed by atoms with Gasteiger partial charge in [0.1, 0.15) is 0 Å². The topological polar surface area (TPSA) is 41.5 Å². The van der Waals surface area contributed by atoms with E-state index >= 15 is 0 Å². The summed E-state index contributed by atoms with van der Waals surface area (Å²) in [6.45, 7) is 12.1. The molecule has 0 N–H and O–H groups in total. The van der Waals surface area contributed by atoms with Crippen LogP contribution < -0.4 is 4.90 Å². The Bertz CT molecular complexity index is 369. The summed E-state index contributed by atoms with van der Waals surface area (Å²) in [5.74, 6) is 0.841. The molecule has 19 heavy (non-hydrogen) atoms.